The molecule has 0 unspecified atom stereocenters. The largest absolute Gasteiger partial charge is 0.387 e. The summed E-state index contributed by atoms with van der Waals surface area (Å²) in [6.45, 7) is 0.440. The van der Waals surface area contributed by atoms with Crippen molar-refractivity contribution in [3.05, 3.63) is 35.9 Å². The normalized spacial score (nSPS) is 30.2. The molecule has 1 aliphatic rings. The molecular weight excluding hydrogens is 207 g/mol. The second kappa shape index (κ2) is 5.41. The minimum atomic E-state index is -1.13. The summed E-state index contributed by atoms with van der Waals surface area (Å²) < 4.78 is 18.8. The van der Waals surface area contributed by atoms with Crippen molar-refractivity contribution in [3.8, 4) is 0 Å². The smallest absolute Gasteiger partial charge is 0.128 e. The summed E-state index contributed by atoms with van der Waals surface area (Å²) >= 11 is 0. The number of hydrogen-bond donors (Lipinski definition) is 1. The van der Waals surface area contributed by atoms with Crippen LogP contribution in [0.2, 0.25) is 0 Å². The molecule has 1 N–H and O–H groups in total. The lowest BCUT2D eigenvalue weighted by Crippen LogP contribution is -2.40. The monoisotopic (exact) mass is 224 g/mol. The highest BCUT2D eigenvalue weighted by molar-refractivity contribution is 5.13. The van der Waals surface area contributed by atoms with E-state index in [1.807, 2.05) is 30.3 Å². The Balaban J connectivity index is 1.85. The quantitative estimate of drug-likeness (QED) is 0.854. The predicted molar refractivity (Wildman–Crippen MR) is 59.8 cm³/mol. The van der Waals surface area contributed by atoms with Gasteiger partial charge in [-0.3, -0.25) is 0 Å². The molecule has 1 saturated carbocycles. The van der Waals surface area contributed by atoms with E-state index < -0.39 is 12.3 Å². The SMILES string of the molecule is O[C@@H]1[C@H](F)CCC[C@@H]1OCc1ccccc1. The zero-order valence-electron chi connectivity index (χ0n) is 9.18. The molecule has 0 aliphatic heterocycles. The lowest BCUT2D eigenvalue weighted by molar-refractivity contribution is -0.0971. The van der Waals surface area contributed by atoms with Gasteiger partial charge in [0, 0.05) is 0 Å². The van der Waals surface area contributed by atoms with Gasteiger partial charge in [-0.2, -0.15) is 0 Å². The lowest BCUT2D eigenvalue weighted by atomic mass is 9.93. The first-order valence-electron chi connectivity index (χ1n) is 5.75. The van der Waals surface area contributed by atoms with Crippen LogP contribution in [-0.2, 0) is 11.3 Å². The molecule has 0 aromatic heterocycles. The summed E-state index contributed by atoms with van der Waals surface area (Å²) in [4.78, 5) is 0. The van der Waals surface area contributed by atoms with Crippen LogP contribution in [-0.4, -0.2) is 23.5 Å². The zero-order valence-corrected chi connectivity index (χ0v) is 9.18. The van der Waals surface area contributed by atoms with Crippen molar-refractivity contribution < 1.29 is 14.2 Å². The maximum absolute atomic E-state index is 13.2. The molecule has 0 saturated heterocycles. The number of hydrogen-bond acceptors (Lipinski definition) is 2. The Morgan fingerprint density at radius 3 is 2.75 bits per heavy atom. The fraction of sp³-hybridized carbons (Fsp3) is 0.538. The van der Waals surface area contributed by atoms with Gasteiger partial charge in [0.1, 0.15) is 12.3 Å². The molecule has 2 rings (SSSR count). The van der Waals surface area contributed by atoms with Gasteiger partial charge in [0.05, 0.1) is 12.7 Å². The topological polar surface area (TPSA) is 29.5 Å². The molecule has 2 nitrogen and oxygen atoms in total. The molecule has 3 atom stereocenters. The van der Waals surface area contributed by atoms with Gasteiger partial charge in [-0.05, 0) is 24.8 Å². The summed E-state index contributed by atoms with van der Waals surface area (Å²) in [6, 6.07) is 9.74. The van der Waals surface area contributed by atoms with Crippen LogP contribution >= 0.6 is 0 Å². The third kappa shape index (κ3) is 2.80. The van der Waals surface area contributed by atoms with Crippen LogP contribution in [0.25, 0.3) is 0 Å². The molecule has 1 fully saturated rings. The molecule has 16 heavy (non-hydrogen) atoms. The first-order valence-corrected chi connectivity index (χ1v) is 5.75. The third-order valence-corrected chi connectivity index (χ3v) is 3.03. The summed E-state index contributed by atoms with van der Waals surface area (Å²) in [6.07, 6.45) is -0.464. The average Bonchev–Trinajstić information content (AvgIpc) is 2.32. The van der Waals surface area contributed by atoms with E-state index >= 15 is 0 Å². The maximum atomic E-state index is 13.2. The molecule has 0 heterocycles. The Labute approximate surface area is 95.1 Å². The van der Waals surface area contributed by atoms with E-state index in [-0.39, 0.29) is 6.10 Å². The molecule has 1 aromatic rings. The minimum Gasteiger partial charge on any atom is -0.387 e. The highest BCUT2D eigenvalue weighted by Gasteiger charge is 2.32. The van der Waals surface area contributed by atoms with E-state index in [4.69, 9.17) is 4.74 Å². The van der Waals surface area contributed by atoms with Crippen molar-refractivity contribution in [3.63, 3.8) is 0 Å². The Kier molecular flexibility index (Phi) is 3.91. The van der Waals surface area contributed by atoms with Crippen molar-refractivity contribution in [2.75, 3.05) is 0 Å². The standard InChI is InChI=1S/C13H17FO2/c14-11-7-4-8-12(13(11)15)16-9-10-5-2-1-3-6-10/h1-3,5-6,11-13,15H,4,7-9H2/t11-,12+,13-/m1/s1. The molecule has 0 bridgehead atoms. The van der Waals surface area contributed by atoms with Gasteiger partial charge in [-0.25, -0.2) is 4.39 Å². The Morgan fingerprint density at radius 1 is 1.25 bits per heavy atom. The Hall–Kier alpha value is -0.930. The third-order valence-electron chi connectivity index (χ3n) is 3.03. The van der Waals surface area contributed by atoms with Gasteiger partial charge in [0.25, 0.3) is 0 Å². The summed E-state index contributed by atoms with van der Waals surface area (Å²) in [5.41, 5.74) is 1.05. The number of ether oxygens (including phenoxy) is 1. The van der Waals surface area contributed by atoms with Crippen LogP contribution in [0.4, 0.5) is 4.39 Å². The van der Waals surface area contributed by atoms with E-state index in [9.17, 15) is 9.50 Å². The molecule has 0 amide bonds. The van der Waals surface area contributed by atoms with Crippen LogP contribution in [0.1, 0.15) is 24.8 Å². The minimum absolute atomic E-state index is 0.357. The molecule has 0 radical (unpaired) electrons. The van der Waals surface area contributed by atoms with Gasteiger partial charge in [0.2, 0.25) is 0 Å². The van der Waals surface area contributed by atoms with E-state index in [1.165, 1.54) is 0 Å². The van der Waals surface area contributed by atoms with Gasteiger partial charge < -0.3 is 9.84 Å². The van der Waals surface area contributed by atoms with Crippen LogP contribution < -0.4 is 0 Å². The molecular formula is C13H17FO2. The molecule has 1 aliphatic carbocycles. The number of aliphatic hydroxyl groups is 1. The number of aliphatic hydroxyl groups excluding tert-OH is 1. The first kappa shape index (κ1) is 11.6. The molecule has 0 spiro atoms. The Bertz CT molecular complexity index is 315. The van der Waals surface area contributed by atoms with Crippen molar-refractivity contribution >= 4 is 0 Å². The van der Waals surface area contributed by atoms with Gasteiger partial charge in [-0.15, -0.1) is 0 Å². The van der Waals surface area contributed by atoms with Gasteiger partial charge >= 0.3 is 0 Å². The van der Waals surface area contributed by atoms with Crippen molar-refractivity contribution in [2.45, 2.75) is 44.2 Å². The maximum Gasteiger partial charge on any atom is 0.128 e. The fourth-order valence-corrected chi connectivity index (χ4v) is 2.05. The highest BCUT2D eigenvalue weighted by Crippen LogP contribution is 2.24. The van der Waals surface area contributed by atoms with Crippen LogP contribution in [0.15, 0.2) is 30.3 Å². The summed E-state index contributed by atoms with van der Waals surface area (Å²) in [5, 5.41) is 9.62. The number of rotatable bonds is 3. The van der Waals surface area contributed by atoms with Crippen molar-refractivity contribution in [1.29, 1.82) is 0 Å². The van der Waals surface area contributed by atoms with Crippen LogP contribution in [0, 0.1) is 0 Å². The van der Waals surface area contributed by atoms with E-state index in [1.54, 1.807) is 0 Å². The summed E-state index contributed by atoms with van der Waals surface area (Å²) in [5.74, 6) is 0. The first-order chi connectivity index (χ1) is 7.77. The Morgan fingerprint density at radius 2 is 2.00 bits per heavy atom. The van der Waals surface area contributed by atoms with Crippen LogP contribution in [0.5, 0.6) is 0 Å². The lowest BCUT2D eigenvalue weighted by Gasteiger charge is -2.30. The van der Waals surface area contributed by atoms with E-state index in [0.29, 0.717) is 13.0 Å². The average molecular weight is 224 g/mol. The summed E-state index contributed by atoms with van der Waals surface area (Å²) in [7, 11) is 0. The van der Waals surface area contributed by atoms with Crippen molar-refractivity contribution in [1.82, 2.24) is 0 Å². The molecule has 3 heteroatoms. The fourth-order valence-electron chi connectivity index (χ4n) is 2.05. The van der Waals surface area contributed by atoms with Crippen LogP contribution in [0.3, 0.4) is 0 Å². The number of halogens is 1. The van der Waals surface area contributed by atoms with E-state index in [0.717, 1.165) is 18.4 Å². The number of benzene rings is 1. The zero-order chi connectivity index (χ0) is 11.4. The van der Waals surface area contributed by atoms with Crippen molar-refractivity contribution in [2.24, 2.45) is 0 Å². The molecule has 1 aromatic carbocycles. The van der Waals surface area contributed by atoms with Gasteiger partial charge in [-0.1, -0.05) is 30.3 Å². The second-order valence-corrected chi connectivity index (χ2v) is 4.27. The van der Waals surface area contributed by atoms with E-state index in [2.05, 4.69) is 0 Å². The predicted octanol–water partition coefficient (Wildman–Crippen LogP) is 2.45. The molecule has 88 valence electrons. The highest BCUT2D eigenvalue weighted by atomic mass is 19.1. The second-order valence-electron chi connectivity index (χ2n) is 4.27. The number of alkyl halides is 1. The van der Waals surface area contributed by atoms with Gasteiger partial charge in [0.15, 0.2) is 0 Å².